The number of hydrogen-bond acceptors (Lipinski definition) is 2. The van der Waals surface area contributed by atoms with E-state index in [1.807, 2.05) is 19.1 Å². The minimum Gasteiger partial charge on any atom is -0.496 e. The highest BCUT2D eigenvalue weighted by Crippen LogP contribution is 2.29. The predicted octanol–water partition coefficient (Wildman–Crippen LogP) is 3.19. The molecular formula is C10H10BrClO2. The zero-order valence-corrected chi connectivity index (χ0v) is 10.3. The Morgan fingerprint density at radius 3 is 2.71 bits per heavy atom. The summed E-state index contributed by atoms with van der Waals surface area (Å²) < 4.78 is 5.84. The van der Waals surface area contributed by atoms with Crippen molar-refractivity contribution < 1.29 is 9.53 Å². The standard InChI is InChI=1S/C10H10BrClO2/c1-6-3-7(11)10(8(13)5-12)9(4-6)14-2/h3-4H,5H2,1-2H3. The molecule has 14 heavy (non-hydrogen) atoms. The number of hydrogen-bond donors (Lipinski definition) is 0. The number of alkyl halides is 1. The highest BCUT2D eigenvalue weighted by atomic mass is 79.9. The Balaban J connectivity index is 3.32. The maximum Gasteiger partial charge on any atom is 0.182 e. The fraction of sp³-hybridized carbons (Fsp3) is 0.300. The van der Waals surface area contributed by atoms with E-state index in [2.05, 4.69) is 15.9 Å². The average Bonchev–Trinajstić information content (AvgIpc) is 2.15. The molecule has 4 heteroatoms. The summed E-state index contributed by atoms with van der Waals surface area (Å²) in [5, 5.41) is 0. The van der Waals surface area contributed by atoms with Crippen molar-refractivity contribution in [3.05, 3.63) is 27.7 Å². The topological polar surface area (TPSA) is 26.3 Å². The first-order valence-electron chi connectivity index (χ1n) is 4.03. The van der Waals surface area contributed by atoms with E-state index in [-0.39, 0.29) is 11.7 Å². The maximum atomic E-state index is 11.5. The average molecular weight is 278 g/mol. The Kier molecular flexibility index (Phi) is 3.96. The van der Waals surface area contributed by atoms with Gasteiger partial charge < -0.3 is 4.74 Å². The number of ketones is 1. The van der Waals surface area contributed by atoms with E-state index >= 15 is 0 Å². The number of halogens is 2. The molecule has 2 nitrogen and oxygen atoms in total. The van der Waals surface area contributed by atoms with Gasteiger partial charge in [-0.25, -0.2) is 0 Å². The lowest BCUT2D eigenvalue weighted by Gasteiger charge is -2.09. The fourth-order valence-electron chi connectivity index (χ4n) is 1.21. The monoisotopic (exact) mass is 276 g/mol. The summed E-state index contributed by atoms with van der Waals surface area (Å²) in [6.45, 7) is 1.93. The number of rotatable bonds is 3. The lowest BCUT2D eigenvalue weighted by molar-refractivity contribution is 0.101. The minimum atomic E-state index is -0.143. The second kappa shape index (κ2) is 4.80. The number of aryl methyl sites for hydroxylation is 1. The van der Waals surface area contributed by atoms with Gasteiger partial charge in [0.15, 0.2) is 5.78 Å². The largest absolute Gasteiger partial charge is 0.496 e. The van der Waals surface area contributed by atoms with Crippen molar-refractivity contribution in [3.63, 3.8) is 0 Å². The molecule has 0 N–H and O–H groups in total. The first-order valence-corrected chi connectivity index (χ1v) is 5.36. The van der Waals surface area contributed by atoms with E-state index in [4.69, 9.17) is 16.3 Å². The molecule has 0 fully saturated rings. The second-order valence-corrected chi connectivity index (χ2v) is 4.00. The molecule has 1 rings (SSSR count). The predicted molar refractivity (Wildman–Crippen MR) is 60.5 cm³/mol. The van der Waals surface area contributed by atoms with Gasteiger partial charge in [-0.3, -0.25) is 4.79 Å². The van der Waals surface area contributed by atoms with Crippen molar-refractivity contribution in [2.75, 3.05) is 13.0 Å². The van der Waals surface area contributed by atoms with Crippen LogP contribution >= 0.6 is 27.5 Å². The molecule has 0 heterocycles. The molecule has 76 valence electrons. The molecule has 1 aromatic carbocycles. The summed E-state index contributed by atoms with van der Waals surface area (Å²) in [5.41, 5.74) is 1.54. The van der Waals surface area contributed by atoms with Gasteiger partial charge in [-0.15, -0.1) is 11.6 Å². The molecule has 0 atom stereocenters. The van der Waals surface area contributed by atoms with Gasteiger partial charge in [-0.1, -0.05) is 0 Å². The third kappa shape index (κ3) is 2.28. The van der Waals surface area contributed by atoms with Gasteiger partial charge in [-0.2, -0.15) is 0 Å². The minimum absolute atomic E-state index is 0.0436. The van der Waals surface area contributed by atoms with Crippen LogP contribution in [0, 0.1) is 6.92 Å². The van der Waals surface area contributed by atoms with Gasteiger partial charge in [0.2, 0.25) is 0 Å². The van der Waals surface area contributed by atoms with Crippen molar-refractivity contribution >= 4 is 33.3 Å². The normalized spacial score (nSPS) is 10.0. The number of benzene rings is 1. The molecule has 0 spiro atoms. The van der Waals surface area contributed by atoms with Crippen LogP contribution in [0.1, 0.15) is 15.9 Å². The summed E-state index contributed by atoms with van der Waals surface area (Å²) in [7, 11) is 1.53. The molecule has 0 aliphatic carbocycles. The van der Waals surface area contributed by atoms with Gasteiger partial charge >= 0.3 is 0 Å². The van der Waals surface area contributed by atoms with Crippen LogP contribution in [0.2, 0.25) is 0 Å². The molecule has 0 aliphatic rings. The first kappa shape index (κ1) is 11.5. The van der Waals surface area contributed by atoms with Gasteiger partial charge in [0.25, 0.3) is 0 Å². The molecule has 0 aromatic heterocycles. The van der Waals surface area contributed by atoms with E-state index in [1.54, 1.807) is 0 Å². The summed E-state index contributed by atoms with van der Waals surface area (Å²) >= 11 is 8.82. The van der Waals surface area contributed by atoms with Crippen LogP contribution in [0.3, 0.4) is 0 Å². The Bertz CT molecular complexity index is 363. The molecule has 0 saturated heterocycles. The van der Waals surface area contributed by atoms with Crippen LogP contribution in [0.4, 0.5) is 0 Å². The van der Waals surface area contributed by atoms with Crippen LogP contribution < -0.4 is 4.74 Å². The van der Waals surface area contributed by atoms with E-state index in [9.17, 15) is 4.79 Å². The third-order valence-corrected chi connectivity index (χ3v) is 2.69. The van der Waals surface area contributed by atoms with Gasteiger partial charge in [0.05, 0.1) is 18.6 Å². The molecule has 0 bridgehead atoms. The summed E-state index contributed by atoms with van der Waals surface area (Å²) in [6, 6.07) is 3.67. The quantitative estimate of drug-likeness (QED) is 0.626. The first-order chi connectivity index (χ1) is 6.60. The zero-order chi connectivity index (χ0) is 10.7. The molecule has 0 saturated carbocycles. The van der Waals surface area contributed by atoms with Crippen molar-refractivity contribution in [1.29, 1.82) is 0 Å². The summed E-state index contributed by atoms with van der Waals surface area (Å²) in [4.78, 5) is 11.5. The van der Waals surface area contributed by atoms with Crippen molar-refractivity contribution in [2.24, 2.45) is 0 Å². The lowest BCUT2D eigenvalue weighted by Crippen LogP contribution is -2.05. The van der Waals surface area contributed by atoms with Crippen molar-refractivity contribution in [3.8, 4) is 5.75 Å². The van der Waals surface area contributed by atoms with Crippen molar-refractivity contribution in [1.82, 2.24) is 0 Å². The van der Waals surface area contributed by atoms with Crippen LogP contribution in [-0.2, 0) is 0 Å². The maximum absolute atomic E-state index is 11.5. The summed E-state index contributed by atoms with van der Waals surface area (Å²) in [5.74, 6) is 0.371. The molecule has 0 unspecified atom stereocenters. The number of Topliss-reactive ketones (excluding diaryl/α,β-unsaturated/α-hetero) is 1. The van der Waals surface area contributed by atoms with Crippen LogP contribution in [-0.4, -0.2) is 18.8 Å². The highest BCUT2D eigenvalue weighted by molar-refractivity contribution is 9.10. The second-order valence-electron chi connectivity index (χ2n) is 2.88. The molecule has 0 radical (unpaired) electrons. The molecular weight excluding hydrogens is 267 g/mol. The van der Waals surface area contributed by atoms with E-state index in [0.717, 1.165) is 10.0 Å². The van der Waals surface area contributed by atoms with Gasteiger partial charge in [0.1, 0.15) is 5.75 Å². The van der Waals surface area contributed by atoms with E-state index < -0.39 is 0 Å². The number of carbonyl (C=O) groups is 1. The van der Waals surface area contributed by atoms with Gasteiger partial charge in [-0.05, 0) is 40.5 Å². The lowest BCUT2D eigenvalue weighted by atomic mass is 10.1. The van der Waals surface area contributed by atoms with E-state index in [1.165, 1.54) is 7.11 Å². The van der Waals surface area contributed by atoms with Gasteiger partial charge in [0, 0.05) is 4.47 Å². The van der Waals surface area contributed by atoms with Crippen molar-refractivity contribution in [2.45, 2.75) is 6.92 Å². The Morgan fingerprint density at radius 2 is 2.21 bits per heavy atom. The van der Waals surface area contributed by atoms with Crippen LogP contribution in [0.5, 0.6) is 5.75 Å². The zero-order valence-electron chi connectivity index (χ0n) is 7.93. The highest BCUT2D eigenvalue weighted by Gasteiger charge is 2.15. The fourth-order valence-corrected chi connectivity index (χ4v) is 2.12. The Hall–Kier alpha value is -0.540. The van der Waals surface area contributed by atoms with Crippen LogP contribution in [0.25, 0.3) is 0 Å². The Labute approximate surface area is 96.3 Å². The molecule has 1 aromatic rings. The number of carbonyl (C=O) groups excluding carboxylic acids is 1. The molecule has 0 aliphatic heterocycles. The van der Waals surface area contributed by atoms with Crippen LogP contribution in [0.15, 0.2) is 16.6 Å². The van der Waals surface area contributed by atoms with E-state index in [0.29, 0.717) is 11.3 Å². The summed E-state index contributed by atoms with van der Waals surface area (Å²) in [6.07, 6.45) is 0. The SMILES string of the molecule is COc1cc(C)cc(Br)c1C(=O)CCl. The smallest absolute Gasteiger partial charge is 0.182 e. The number of methoxy groups -OCH3 is 1. The number of ether oxygens (including phenoxy) is 1. The molecule has 0 amide bonds. The Morgan fingerprint density at radius 1 is 1.57 bits per heavy atom. The third-order valence-electron chi connectivity index (χ3n) is 1.82.